The lowest BCUT2D eigenvalue weighted by Crippen LogP contribution is -2.12. The van der Waals surface area contributed by atoms with Crippen LogP contribution in [0.2, 0.25) is 0 Å². The van der Waals surface area contributed by atoms with E-state index in [1.165, 1.54) is 10.4 Å². The van der Waals surface area contributed by atoms with E-state index in [0.29, 0.717) is 12.5 Å². The van der Waals surface area contributed by atoms with Crippen LogP contribution in [-0.4, -0.2) is 11.5 Å². The van der Waals surface area contributed by atoms with Crippen LogP contribution in [0.5, 0.6) is 5.75 Å². The molecule has 4 heteroatoms. The predicted molar refractivity (Wildman–Crippen MR) is 89.0 cm³/mol. The first-order valence-electron chi connectivity index (χ1n) is 7.56. The van der Waals surface area contributed by atoms with Gasteiger partial charge in [-0.2, -0.15) is 0 Å². The normalized spacial score (nSPS) is 11.0. The van der Waals surface area contributed by atoms with Gasteiger partial charge in [0.1, 0.15) is 17.4 Å². The van der Waals surface area contributed by atoms with Crippen LogP contribution < -0.4 is 10.1 Å². The van der Waals surface area contributed by atoms with Gasteiger partial charge in [0.25, 0.3) is 0 Å². The van der Waals surface area contributed by atoms with Gasteiger partial charge in [0.05, 0.1) is 0 Å². The smallest absolute Gasteiger partial charge is 0.140 e. The van der Waals surface area contributed by atoms with Crippen LogP contribution in [0.3, 0.4) is 0 Å². The number of nitrogens with one attached hydrogen (secondary N) is 1. The molecule has 0 spiro atoms. The summed E-state index contributed by atoms with van der Waals surface area (Å²) in [5.74, 6) is 1.44. The lowest BCUT2D eigenvalue weighted by atomic mass is 10.0. The molecule has 1 heterocycles. The molecule has 0 aliphatic rings. The van der Waals surface area contributed by atoms with E-state index in [1.54, 1.807) is 11.3 Å². The summed E-state index contributed by atoms with van der Waals surface area (Å²) in [6.07, 6.45) is 3.09. The van der Waals surface area contributed by atoms with Crippen molar-refractivity contribution in [2.24, 2.45) is 0 Å². The number of aromatic nitrogens is 1. The molecule has 0 atom stereocenters. The lowest BCUT2D eigenvalue weighted by molar-refractivity contribution is 0.305. The zero-order valence-electron chi connectivity index (χ0n) is 13.1. The van der Waals surface area contributed by atoms with Gasteiger partial charge in [0.15, 0.2) is 0 Å². The minimum atomic E-state index is 0.518. The minimum absolute atomic E-state index is 0.518. The minimum Gasteiger partial charge on any atom is -0.486 e. The van der Waals surface area contributed by atoms with E-state index in [0.717, 1.165) is 30.3 Å². The Hall–Kier alpha value is -1.39. The summed E-state index contributed by atoms with van der Waals surface area (Å²) < 4.78 is 5.85. The van der Waals surface area contributed by atoms with E-state index in [1.807, 2.05) is 18.3 Å². The quantitative estimate of drug-likeness (QED) is 0.736. The number of rotatable bonds is 8. The van der Waals surface area contributed by atoms with Crippen LogP contribution in [0.15, 0.2) is 30.5 Å². The third-order valence-corrected chi connectivity index (χ3v) is 4.19. The second-order valence-corrected chi connectivity index (χ2v) is 6.61. The Morgan fingerprint density at radius 1 is 1.33 bits per heavy atom. The zero-order chi connectivity index (χ0) is 15.1. The summed E-state index contributed by atoms with van der Waals surface area (Å²) in [5, 5.41) is 4.41. The summed E-state index contributed by atoms with van der Waals surface area (Å²) in [6, 6.07) is 8.30. The second kappa shape index (κ2) is 8.15. The fourth-order valence-electron chi connectivity index (χ4n) is 1.99. The van der Waals surface area contributed by atoms with Crippen LogP contribution in [0.1, 0.15) is 48.6 Å². The molecule has 0 aliphatic heterocycles. The molecule has 1 aromatic heterocycles. The van der Waals surface area contributed by atoms with Crippen LogP contribution >= 0.6 is 11.3 Å². The van der Waals surface area contributed by atoms with Crippen molar-refractivity contribution < 1.29 is 4.74 Å². The van der Waals surface area contributed by atoms with Gasteiger partial charge in [-0.15, -0.1) is 11.3 Å². The van der Waals surface area contributed by atoms with Gasteiger partial charge in [0.2, 0.25) is 0 Å². The molecule has 0 saturated carbocycles. The number of thiazole rings is 1. The van der Waals surface area contributed by atoms with E-state index in [-0.39, 0.29) is 0 Å². The maximum Gasteiger partial charge on any atom is 0.140 e. The fourth-order valence-corrected chi connectivity index (χ4v) is 2.80. The van der Waals surface area contributed by atoms with Gasteiger partial charge in [-0.25, -0.2) is 4.98 Å². The van der Waals surface area contributed by atoms with Crippen LogP contribution in [-0.2, 0) is 13.2 Å². The Morgan fingerprint density at radius 2 is 2.19 bits per heavy atom. The van der Waals surface area contributed by atoms with Crippen LogP contribution in [0, 0.1) is 0 Å². The molecule has 0 fully saturated rings. The molecular formula is C17H24N2OS. The highest BCUT2D eigenvalue weighted by Gasteiger charge is 2.04. The second-order valence-electron chi connectivity index (χ2n) is 5.41. The maximum atomic E-state index is 5.85. The van der Waals surface area contributed by atoms with Crippen LogP contribution in [0.4, 0.5) is 0 Å². The molecule has 0 amide bonds. The van der Waals surface area contributed by atoms with Gasteiger partial charge in [0, 0.05) is 17.6 Å². The summed E-state index contributed by atoms with van der Waals surface area (Å²) in [7, 11) is 0. The fraction of sp³-hybridized carbons (Fsp3) is 0.471. The molecule has 114 valence electrons. The third-order valence-electron chi connectivity index (χ3n) is 3.21. The summed E-state index contributed by atoms with van der Waals surface area (Å²) >= 11 is 1.71. The number of hydrogen-bond acceptors (Lipinski definition) is 4. The Labute approximate surface area is 131 Å². The van der Waals surface area contributed by atoms with E-state index < -0.39 is 0 Å². The topological polar surface area (TPSA) is 34.2 Å². The summed E-state index contributed by atoms with van der Waals surface area (Å²) in [4.78, 5) is 5.68. The van der Waals surface area contributed by atoms with Gasteiger partial charge < -0.3 is 10.1 Å². The first-order valence-corrected chi connectivity index (χ1v) is 8.37. The van der Waals surface area contributed by atoms with Crippen molar-refractivity contribution in [1.29, 1.82) is 0 Å². The maximum absolute atomic E-state index is 5.85. The highest BCUT2D eigenvalue weighted by atomic mass is 32.1. The molecule has 2 rings (SSSR count). The molecule has 0 bridgehead atoms. The zero-order valence-corrected chi connectivity index (χ0v) is 13.9. The number of nitrogens with zero attached hydrogens (tertiary/aromatic N) is 1. The molecule has 1 aromatic carbocycles. The molecule has 21 heavy (non-hydrogen) atoms. The van der Waals surface area contributed by atoms with Crippen molar-refractivity contribution >= 4 is 11.3 Å². The standard InChI is InChI=1S/C17H24N2OS/c1-4-8-18-10-16-11-19-17(21-16)12-20-15-7-5-6-14(9-15)13(2)3/h5-7,9,11,13,18H,4,8,10,12H2,1-3H3. The first-order chi connectivity index (χ1) is 10.2. The average molecular weight is 304 g/mol. The molecule has 0 aliphatic carbocycles. The van der Waals surface area contributed by atoms with Gasteiger partial charge in [-0.1, -0.05) is 32.9 Å². The monoisotopic (exact) mass is 304 g/mol. The van der Waals surface area contributed by atoms with E-state index in [4.69, 9.17) is 4.74 Å². The van der Waals surface area contributed by atoms with Crippen molar-refractivity contribution in [3.8, 4) is 5.75 Å². The first kappa shape index (κ1) is 16.0. The lowest BCUT2D eigenvalue weighted by Gasteiger charge is -2.08. The van der Waals surface area contributed by atoms with E-state index in [2.05, 4.69) is 43.2 Å². The Kier molecular flexibility index (Phi) is 6.21. The average Bonchev–Trinajstić information content (AvgIpc) is 2.94. The van der Waals surface area contributed by atoms with Gasteiger partial charge in [-0.05, 0) is 36.6 Å². The Bertz CT molecular complexity index is 551. The van der Waals surface area contributed by atoms with Crippen LogP contribution in [0.25, 0.3) is 0 Å². The van der Waals surface area contributed by atoms with Gasteiger partial charge >= 0.3 is 0 Å². The summed E-state index contributed by atoms with van der Waals surface area (Å²) in [6.45, 7) is 9.04. The van der Waals surface area contributed by atoms with Crippen molar-refractivity contribution in [2.45, 2.75) is 46.3 Å². The van der Waals surface area contributed by atoms with Crippen molar-refractivity contribution in [1.82, 2.24) is 10.3 Å². The third kappa shape index (κ3) is 5.14. The summed E-state index contributed by atoms with van der Waals surface area (Å²) in [5.41, 5.74) is 1.30. The molecule has 0 saturated heterocycles. The highest BCUT2D eigenvalue weighted by Crippen LogP contribution is 2.21. The van der Waals surface area contributed by atoms with Crippen molar-refractivity contribution in [3.05, 3.63) is 45.9 Å². The number of benzene rings is 1. The highest BCUT2D eigenvalue weighted by molar-refractivity contribution is 7.11. The van der Waals surface area contributed by atoms with E-state index >= 15 is 0 Å². The van der Waals surface area contributed by atoms with Crippen molar-refractivity contribution in [2.75, 3.05) is 6.54 Å². The number of hydrogen-bond donors (Lipinski definition) is 1. The molecule has 2 aromatic rings. The molecule has 0 unspecified atom stereocenters. The Balaban J connectivity index is 1.86. The Morgan fingerprint density at radius 3 is 2.95 bits per heavy atom. The number of ether oxygens (including phenoxy) is 1. The SMILES string of the molecule is CCCNCc1cnc(COc2cccc(C(C)C)c2)s1. The largest absolute Gasteiger partial charge is 0.486 e. The van der Waals surface area contributed by atoms with E-state index in [9.17, 15) is 0 Å². The van der Waals surface area contributed by atoms with Gasteiger partial charge in [-0.3, -0.25) is 0 Å². The molecule has 1 N–H and O–H groups in total. The predicted octanol–water partition coefficient (Wildman–Crippen LogP) is 4.35. The molecular weight excluding hydrogens is 280 g/mol. The van der Waals surface area contributed by atoms with Crippen molar-refractivity contribution in [3.63, 3.8) is 0 Å². The molecule has 0 radical (unpaired) electrons. The molecule has 3 nitrogen and oxygen atoms in total.